The minimum atomic E-state index is -0.289. The zero-order chi connectivity index (χ0) is 23.5. The number of rotatable bonds is 11. The number of hydrogen-bond donors (Lipinski definition) is 3. The first-order chi connectivity index (χ1) is 16.1. The maximum absolute atomic E-state index is 12.8. The highest BCUT2D eigenvalue weighted by molar-refractivity contribution is 5.99. The molecular formula is C25H34N4O4. The number of carbonyl (C=O) groups excluding carboxylic acids is 2. The molecule has 0 saturated carbocycles. The molecule has 2 aromatic carbocycles. The molecular weight excluding hydrogens is 420 g/mol. The van der Waals surface area contributed by atoms with Gasteiger partial charge in [-0.2, -0.15) is 0 Å². The van der Waals surface area contributed by atoms with E-state index < -0.39 is 0 Å². The summed E-state index contributed by atoms with van der Waals surface area (Å²) in [6, 6.07) is 12.7. The van der Waals surface area contributed by atoms with E-state index in [1.165, 1.54) is 0 Å². The Kier molecular flexibility index (Phi) is 9.38. The average molecular weight is 455 g/mol. The van der Waals surface area contributed by atoms with E-state index in [1.807, 2.05) is 43.3 Å². The molecule has 0 aromatic heterocycles. The summed E-state index contributed by atoms with van der Waals surface area (Å²) in [6.45, 7) is 6.02. The fourth-order valence-corrected chi connectivity index (χ4v) is 3.73. The summed E-state index contributed by atoms with van der Waals surface area (Å²) in [5.74, 6) is 0.577. The molecule has 0 atom stereocenters. The summed E-state index contributed by atoms with van der Waals surface area (Å²) in [4.78, 5) is 27.5. The quantitative estimate of drug-likeness (QED) is 0.450. The van der Waals surface area contributed by atoms with Gasteiger partial charge in [0.1, 0.15) is 5.75 Å². The average Bonchev–Trinajstić information content (AvgIpc) is 3.37. The summed E-state index contributed by atoms with van der Waals surface area (Å²) < 4.78 is 10.5. The smallest absolute Gasteiger partial charge is 0.319 e. The Morgan fingerprint density at radius 3 is 2.48 bits per heavy atom. The lowest BCUT2D eigenvalue weighted by Gasteiger charge is -2.22. The van der Waals surface area contributed by atoms with Crippen LogP contribution in [0.4, 0.5) is 16.2 Å². The van der Waals surface area contributed by atoms with Crippen LogP contribution in [0.2, 0.25) is 0 Å². The fraction of sp³-hybridized carbons (Fsp3) is 0.440. The van der Waals surface area contributed by atoms with Crippen molar-refractivity contribution in [2.45, 2.75) is 32.7 Å². The van der Waals surface area contributed by atoms with E-state index in [-0.39, 0.29) is 11.9 Å². The van der Waals surface area contributed by atoms with Gasteiger partial charge in [-0.05, 0) is 62.1 Å². The predicted octanol–water partition coefficient (Wildman–Crippen LogP) is 3.77. The number of hydrogen-bond acceptors (Lipinski definition) is 5. The molecule has 3 rings (SSSR count). The van der Waals surface area contributed by atoms with Gasteiger partial charge in [0.15, 0.2) is 0 Å². The van der Waals surface area contributed by atoms with Crippen molar-refractivity contribution in [3.8, 4) is 5.75 Å². The van der Waals surface area contributed by atoms with Crippen LogP contribution in [0, 0.1) is 0 Å². The number of amides is 3. The molecule has 0 aliphatic carbocycles. The molecule has 3 N–H and O–H groups in total. The van der Waals surface area contributed by atoms with Gasteiger partial charge in [0, 0.05) is 45.0 Å². The SMILES string of the molecule is CCOCCCNC(=O)Nc1cc(C(=O)NCc2ccc(OC)cc2)ccc1N1CCCC1. The lowest BCUT2D eigenvalue weighted by Crippen LogP contribution is -2.31. The zero-order valence-electron chi connectivity index (χ0n) is 19.5. The van der Waals surface area contributed by atoms with Crippen LogP contribution in [0.5, 0.6) is 5.75 Å². The van der Waals surface area contributed by atoms with Gasteiger partial charge in [-0.15, -0.1) is 0 Å². The van der Waals surface area contributed by atoms with Crippen LogP contribution in [-0.2, 0) is 11.3 Å². The summed E-state index contributed by atoms with van der Waals surface area (Å²) in [5.41, 5.74) is 3.04. The second kappa shape index (κ2) is 12.7. The highest BCUT2D eigenvalue weighted by Crippen LogP contribution is 2.30. The molecule has 1 fully saturated rings. The van der Waals surface area contributed by atoms with Crippen molar-refractivity contribution >= 4 is 23.3 Å². The molecule has 33 heavy (non-hydrogen) atoms. The molecule has 1 aliphatic rings. The van der Waals surface area contributed by atoms with Crippen LogP contribution in [-0.4, -0.2) is 51.9 Å². The maximum Gasteiger partial charge on any atom is 0.319 e. The van der Waals surface area contributed by atoms with Gasteiger partial charge < -0.3 is 30.3 Å². The highest BCUT2D eigenvalue weighted by Gasteiger charge is 2.19. The molecule has 0 radical (unpaired) electrons. The Bertz CT molecular complexity index is 911. The van der Waals surface area contributed by atoms with Gasteiger partial charge >= 0.3 is 6.03 Å². The van der Waals surface area contributed by atoms with Crippen LogP contribution in [0.25, 0.3) is 0 Å². The standard InChI is InChI=1S/C25H34N4O4/c1-3-33-16-6-13-26-25(31)28-22-17-20(9-12-23(22)29-14-4-5-15-29)24(30)27-18-19-7-10-21(32-2)11-8-19/h7-12,17H,3-6,13-16,18H2,1-2H3,(H,27,30)(H2,26,28,31). The van der Waals surface area contributed by atoms with Crippen LogP contribution < -0.4 is 25.6 Å². The Hall–Kier alpha value is -3.26. The molecule has 0 unspecified atom stereocenters. The number of benzene rings is 2. The van der Waals surface area contributed by atoms with Crippen LogP contribution in [0.1, 0.15) is 42.1 Å². The molecule has 3 amide bonds. The second-order valence-corrected chi connectivity index (χ2v) is 7.89. The highest BCUT2D eigenvalue weighted by atomic mass is 16.5. The molecule has 0 spiro atoms. The van der Waals surface area contributed by atoms with E-state index in [0.29, 0.717) is 37.6 Å². The van der Waals surface area contributed by atoms with Gasteiger partial charge in [-0.1, -0.05) is 12.1 Å². The number of nitrogens with one attached hydrogen (secondary N) is 3. The molecule has 1 heterocycles. The van der Waals surface area contributed by atoms with E-state index in [2.05, 4.69) is 20.9 Å². The largest absolute Gasteiger partial charge is 0.497 e. The first-order valence-electron chi connectivity index (χ1n) is 11.5. The predicted molar refractivity (Wildman–Crippen MR) is 130 cm³/mol. The zero-order valence-corrected chi connectivity index (χ0v) is 19.5. The second-order valence-electron chi connectivity index (χ2n) is 7.89. The molecule has 8 nitrogen and oxygen atoms in total. The Morgan fingerprint density at radius 1 is 1.03 bits per heavy atom. The minimum Gasteiger partial charge on any atom is -0.497 e. The monoisotopic (exact) mass is 454 g/mol. The number of nitrogens with zero attached hydrogens (tertiary/aromatic N) is 1. The number of carbonyl (C=O) groups is 2. The molecule has 1 aliphatic heterocycles. The summed E-state index contributed by atoms with van der Waals surface area (Å²) in [7, 11) is 1.62. The third-order valence-corrected chi connectivity index (χ3v) is 5.52. The van der Waals surface area contributed by atoms with E-state index >= 15 is 0 Å². The number of anilines is 2. The van der Waals surface area contributed by atoms with Crippen molar-refractivity contribution < 1.29 is 19.1 Å². The molecule has 2 aromatic rings. The van der Waals surface area contributed by atoms with Crippen LogP contribution in [0.3, 0.4) is 0 Å². The van der Waals surface area contributed by atoms with Crippen molar-refractivity contribution in [3.63, 3.8) is 0 Å². The lowest BCUT2D eigenvalue weighted by molar-refractivity contribution is 0.0951. The fourth-order valence-electron chi connectivity index (χ4n) is 3.73. The summed E-state index contributed by atoms with van der Waals surface area (Å²) in [5, 5.41) is 8.73. The molecule has 8 heteroatoms. The van der Waals surface area contributed by atoms with E-state index in [9.17, 15) is 9.59 Å². The van der Waals surface area contributed by atoms with E-state index in [1.54, 1.807) is 13.2 Å². The van der Waals surface area contributed by atoms with Crippen molar-refractivity contribution in [2.75, 3.05) is 50.2 Å². The van der Waals surface area contributed by atoms with Crippen LogP contribution in [0.15, 0.2) is 42.5 Å². The summed E-state index contributed by atoms with van der Waals surface area (Å²) in [6.07, 6.45) is 2.98. The van der Waals surface area contributed by atoms with Gasteiger partial charge in [-0.3, -0.25) is 4.79 Å². The maximum atomic E-state index is 12.8. The Balaban J connectivity index is 1.65. The molecule has 1 saturated heterocycles. The topological polar surface area (TPSA) is 91.9 Å². The number of ether oxygens (including phenoxy) is 2. The van der Waals surface area contributed by atoms with Crippen molar-refractivity contribution in [2.24, 2.45) is 0 Å². The van der Waals surface area contributed by atoms with Gasteiger partial charge in [0.2, 0.25) is 0 Å². The number of urea groups is 1. The Morgan fingerprint density at radius 2 is 1.79 bits per heavy atom. The van der Waals surface area contributed by atoms with Gasteiger partial charge in [-0.25, -0.2) is 4.79 Å². The first kappa shape index (κ1) is 24.4. The third-order valence-electron chi connectivity index (χ3n) is 5.52. The van der Waals surface area contributed by atoms with Gasteiger partial charge in [0.25, 0.3) is 5.91 Å². The third kappa shape index (κ3) is 7.39. The minimum absolute atomic E-state index is 0.195. The van der Waals surface area contributed by atoms with Crippen molar-refractivity contribution in [1.82, 2.24) is 10.6 Å². The normalized spacial score (nSPS) is 13.0. The van der Waals surface area contributed by atoms with Crippen molar-refractivity contribution in [3.05, 3.63) is 53.6 Å². The molecule has 0 bridgehead atoms. The van der Waals surface area contributed by atoms with Crippen LogP contribution >= 0.6 is 0 Å². The van der Waals surface area contributed by atoms with Crippen molar-refractivity contribution in [1.29, 1.82) is 0 Å². The summed E-state index contributed by atoms with van der Waals surface area (Å²) >= 11 is 0. The lowest BCUT2D eigenvalue weighted by atomic mass is 10.1. The van der Waals surface area contributed by atoms with Gasteiger partial charge in [0.05, 0.1) is 18.5 Å². The molecule has 178 valence electrons. The van der Waals surface area contributed by atoms with E-state index in [0.717, 1.165) is 49.4 Å². The van der Waals surface area contributed by atoms with E-state index in [4.69, 9.17) is 9.47 Å². The number of methoxy groups -OCH3 is 1. The Labute approximate surface area is 195 Å². The first-order valence-corrected chi connectivity index (χ1v) is 11.5.